The maximum Gasteiger partial charge on any atom is 0.238 e. The van der Waals surface area contributed by atoms with Crippen LogP contribution in [0.2, 0.25) is 0 Å². The fraction of sp³-hybridized carbons (Fsp3) is 0.250. The van der Waals surface area contributed by atoms with Crippen LogP contribution in [0.5, 0.6) is 0 Å². The van der Waals surface area contributed by atoms with Gasteiger partial charge in [-0.05, 0) is 42.2 Å². The third-order valence-corrected chi connectivity index (χ3v) is 4.56. The highest BCUT2D eigenvalue weighted by Crippen LogP contribution is 2.22. The number of anilines is 1. The van der Waals surface area contributed by atoms with Crippen LogP contribution in [-0.2, 0) is 23.0 Å². The zero-order valence-corrected chi connectivity index (χ0v) is 13.1. The van der Waals surface area contributed by atoms with Crippen LogP contribution in [0, 0.1) is 6.92 Å². The van der Waals surface area contributed by atoms with Crippen molar-refractivity contribution >= 4 is 15.7 Å². The van der Waals surface area contributed by atoms with E-state index in [0.29, 0.717) is 12.1 Å². The zero-order chi connectivity index (χ0) is 15.5. The summed E-state index contributed by atoms with van der Waals surface area (Å²) in [7, 11) is -3.69. The van der Waals surface area contributed by atoms with E-state index < -0.39 is 10.0 Å². The molecule has 21 heavy (non-hydrogen) atoms. The monoisotopic (exact) mass is 304 g/mol. The maximum absolute atomic E-state index is 11.5. The van der Waals surface area contributed by atoms with Crippen LogP contribution in [0.15, 0.2) is 47.4 Å². The largest absolute Gasteiger partial charge is 0.381 e. The smallest absolute Gasteiger partial charge is 0.238 e. The van der Waals surface area contributed by atoms with Gasteiger partial charge < -0.3 is 5.32 Å². The van der Waals surface area contributed by atoms with E-state index in [9.17, 15) is 8.42 Å². The molecule has 112 valence electrons. The normalized spacial score (nSPS) is 11.4. The summed E-state index contributed by atoms with van der Waals surface area (Å²) in [6, 6.07) is 13.4. The van der Waals surface area contributed by atoms with Crippen molar-refractivity contribution in [3.63, 3.8) is 0 Å². The van der Waals surface area contributed by atoms with E-state index in [-0.39, 0.29) is 4.90 Å². The van der Waals surface area contributed by atoms with E-state index in [1.807, 2.05) is 6.07 Å². The van der Waals surface area contributed by atoms with Gasteiger partial charge in [0.2, 0.25) is 10.0 Å². The Bertz CT molecular complexity index is 722. The molecule has 0 bridgehead atoms. The molecule has 0 unspecified atom stereocenters. The Labute approximate surface area is 126 Å². The van der Waals surface area contributed by atoms with E-state index >= 15 is 0 Å². The lowest BCUT2D eigenvalue weighted by molar-refractivity contribution is 0.597. The third-order valence-electron chi connectivity index (χ3n) is 3.50. The molecule has 0 aliphatic carbocycles. The van der Waals surface area contributed by atoms with Crippen molar-refractivity contribution in [2.75, 3.05) is 5.32 Å². The molecule has 0 heterocycles. The van der Waals surface area contributed by atoms with Crippen molar-refractivity contribution in [1.82, 2.24) is 0 Å². The molecular formula is C16H20N2O2S. The highest BCUT2D eigenvalue weighted by molar-refractivity contribution is 7.89. The van der Waals surface area contributed by atoms with Crippen molar-refractivity contribution in [2.24, 2.45) is 5.14 Å². The molecule has 2 aromatic rings. The molecule has 0 atom stereocenters. The summed E-state index contributed by atoms with van der Waals surface area (Å²) in [6.45, 7) is 4.51. The van der Waals surface area contributed by atoms with Crippen LogP contribution < -0.4 is 10.5 Å². The van der Waals surface area contributed by atoms with Gasteiger partial charge in [-0.1, -0.05) is 37.3 Å². The van der Waals surface area contributed by atoms with Gasteiger partial charge in [0.05, 0.1) is 4.90 Å². The number of nitrogens with two attached hydrogens (primary N) is 1. The van der Waals surface area contributed by atoms with E-state index in [0.717, 1.165) is 17.7 Å². The summed E-state index contributed by atoms with van der Waals surface area (Å²) in [6.07, 6.45) is 1.02. The molecule has 0 aromatic heterocycles. The number of benzene rings is 2. The van der Waals surface area contributed by atoms with E-state index in [1.165, 1.54) is 11.6 Å². The van der Waals surface area contributed by atoms with E-state index in [4.69, 9.17) is 5.14 Å². The molecule has 0 amide bonds. The second kappa shape index (κ2) is 6.28. The van der Waals surface area contributed by atoms with Gasteiger partial charge in [0.1, 0.15) is 0 Å². The molecule has 0 aliphatic rings. The van der Waals surface area contributed by atoms with Gasteiger partial charge in [0, 0.05) is 12.2 Å². The van der Waals surface area contributed by atoms with Crippen LogP contribution in [0.25, 0.3) is 0 Å². The fourth-order valence-electron chi connectivity index (χ4n) is 2.20. The molecule has 0 saturated heterocycles. The Kier molecular flexibility index (Phi) is 4.65. The zero-order valence-electron chi connectivity index (χ0n) is 12.3. The van der Waals surface area contributed by atoms with Crippen molar-refractivity contribution in [1.29, 1.82) is 0 Å². The highest BCUT2D eigenvalue weighted by atomic mass is 32.2. The number of hydrogen-bond acceptors (Lipinski definition) is 3. The van der Waals surface area contributed by atoms with Gasteiger partial charge in [-0.15, -0.1) is 0 Å². The van der Waals surface area contributed by atoms with Gasteiger partial charge in [-0.2, -0.15) is 0 Å². The molecule has 4 nitrogen and oxygen atoms in total. The number of rotatable bonds is 5. The van der Waals surface area contributed by atoms with Crippen molar-refractivity contribution in [2.45, 2.75) is 31.7 Å². The molecule has 2 aromatic carbocycles. The molecule has 2 rings (SSSR count). The van der Waals surface area contributed by atoms with E-state index in [1.54, 1.807) is 13.0 Å². The summed E-state index contributed by atoms with van der Waals surface area (Å²) in [5, 5.41) is 8.47. The Balaban J connectivity index is 2.16. The number of hydrogen-bond donors (Lipinski definition) is 2. The lowest BCUT2D eigenvalue weighted by Gasteiger charge is -2.12. The van der Waals surface area contributed by atoms with Gasteiger partial charge >= 0.3 is 0 Å². The summed E-state index contributed by atoms with van der Waals surface area (Å²) < 4.78 is 23.0. The van der Waals surface area contributed by atoms with Crippen molar-refractivity contribution in [3.8, 4) is 0 Å². The van der Waals surface area contributed by atoms with Crippen molar-refractivity contribution < 1.29 is 8.42 Å². The molecule has 3 N–H and O–H groups in total. The Hall–Kier alpha value is -1.85. The Morgan fingerprint density at radius 3 is 2.24 bits per heavy atom. The molecule has 0 fully saturated rings. The number of nitrogens with one attached hydrogen (secondary N) is 1. The number of aryl methyl sites for hydroxylation is 1. The second-order valence-electron chi connectivity index (χ2n) is 5.00. The first-order chi connectivity index (χ1) is 9.91. The quantitative estimate of drug-likeness (QED) is 0.892. The highest BCUT2D eigenvalue weighted by Gasteiger charge is 2.13. The van der Waals surface area contributed by atoms with E-state index in [2.05, 4.69) is 36.5 Å². The SMILES string of the molecule is CCc1ccc(CNc2cccc(S(N)(=O)=O)c2C)cc1. The minimum Gasteiger partial charge on any atom is -0.381 e. The molecular weight excluding hydrogens is 284 g/mol. The minimum atomic E-state index is -3.69. The van der Waals surface area contributed by atoms with Crippen LogP contribution in [-0.4, -0.2) is 8.42 Å². The number of sulfonamides is 1. The van der Waals surface area contributed by atoms with Gasteiger partial charge in [0.25, 0.3) is 0 Å². The maximum atomic E-state index is 11.5. The topological polar surface area (TPSA) is 72.2 Å². The third kappa shape index (κ3) is 3.83. The second-order valence-corrected chi connectivity index (χ2v) is 6.53. The van der Waals surface area contributed by atoms with Gasteiger partial charge in [-0.3, -0.25) is 0 Å². The Morgan fingerprint density at radius 2 is 1.67 bits per heavy atom. The van der Waals surface area contributed by atoms with Crippen LogP contribution in [0.4, 0.5) is 5.69 Å². The summed E-state index contributed by atoms with van der Waals surface area (Å²) in [4.78, 5) is 0.161. The first-order valence-corrected chi connectivity index (χ1v) is 8.40. The predicted octanol–water partition coefficient (Wildman–Crippen LogP) is 2.82. The molecule has 0 aliphatic heterocycles. The first kappa shape index (κ1) is 15.5. The van der Waals surface area contributed by atoms with Crippen LogP contribution >= 0.6 is 0 Å². The van der Waals surface area contributed by atoms with Gasteiger partial charge in [-0.25, -0.2) is 13.6 Å². The molecule has 0 saturated carbocycles. The Morgan fingerprint density at radius 1 is 1.05 bits per heavy atom. The van der Waals surface area contributed by atoms with Crippen LogP contribution in [0.1, 0.15) is 23.6 Å². The molecule has 5 heteroatoms. The van der Waals surface area contributed by atoms with Gasteiger partial charge in [0.15, 0.2) is 0 Å². The average molecular weight is 304 g/mol. The lowest BCUT2D eigenvalue weighted by Crippen LogP contribution is -2.14. The standard InChI is InChI=1S/C16H20N2O2S/c1-3-13-7-9-14(10-8-13)11-18-15-5-4-6-16(12(15)2)21(17,19)20/h4-10,18H,3,11H2,1-2H3,(H2,17,19,20). The fourth-order valence-corrected chi connectivity index (χ4v) is 3.01. The first-order valence-electron chi connectivity index (χ1n) is 6.86. The summed E-state index contributed by atoms with van der Waals surface area (Å²) in [5.74, 6) is 0. The van der Waals surface area contributed by atoms with Crippen molar-refractivity contribution in [3.05, 3.63) is 59.2 Å². The number of primary sulfonamides is 1. The average Bonchev–Trinajstić information content (AvgIpc) is 2.45. The molecule has 0 radical (unpaired) electrons. The molecule has 0 spiro atoms. The lowest BCUT2D eigenvalue weighted by atomic mass is 10.1. The van der Waals surface area contributed by atoms with Crippen LogP contribution in [0.3, 0.4) is 0 Å². The minimum absolute atomic E-state index is 0.161. The summed E-state index contributed by atoms with van der Waals surface area (Å²) >= 11 is 0. The predicted molar refractivity (Wildman–Crippen MR) is 85.7 cm³/mol. The summed E-state index contributed by atoms with van der Waals surface area (Å²) in [5.41, 5.74) is 3.87.